The van der Waals surface area contributed by atoms with Gasteiger partial charge in [0.1, 0.15) is 5.54 Å². The van der Waals surface area contributed by atoms with Crippen LogP contribution in [0.5, 0.6) is 0 Å². The van der Waals surface area contributed by atoms with E-state index in [1.54, 1.807) is 0 Å². The fourth-order valence-electron chi connectivity index (χ4n) is 4.04. The standard InChI is InChI=1S/C20H27N3O4/c1-3-20(16-8-6-5-7-9-16)18(25)23(19(26)21-20)14-22-12-10-15(11-13-22)17(24)27-4-2/h5-9,15H,3-4,10-14H2,1-2H3,(H,21,26)/p+1/t20-/m0/s1. The molecule has 0 spiro atoms. The first-order valence-electron chi connectivity index (χ1n) is 9.71. The second-order valence-corrected chi connectivity index (χ2v) is 7.22. The Morgan fingerprint density at radius 2 is 1.89 bits per heavy atom. The SMILES string of the molecule is CCOC(=O)C1CC[NH+](CN2C(=O)N[C@@](CC)(c3ccccc3)C2=O)CC1. The normalized spacial score (nSPS) is 28.1. The summed E-state index contributed by atoms with van der Waals surface area (Å²) in [7, 11) is 0. The Bertz CT molecular complexity index is 700. The minimum absolute atomic E-state index is 0.0733. The topological polar surface area (TPSA) is 80.2 Å². The molecule has 1 atom stereocenters. The van der Waals surface area contributed by atoms with Crippen molar-refractivity contribution in [3.8, 4) is 0 Å². The smallest absolute Gasteiger partial charge is 0.329 e. The number of urea groups is 1. The van der Waals surface area contributed by atoms with Crippen molar-refractivity contribution in [2.24, 2.45) is 5.92 Å². The minimum Gasteiger partial charge on any atom is -0.466 e. The highest BCUT2D eigenvalue weighted by molar-refractivity contribution is 6.07. The number of likely N-dealkylation sites (tertiary alicyclic amines) is 1. The molecule has 1 aromatic carbocycles. The first-order chi connectivity index (χ1) is 13.0. The van der Waals surface area contributed by atoms with E-state index in [2.05, 4.69) is 5.32 Å². The largest absolute Gasteiger partial charge is 0.466 e. The quantitative estimate of drug-likeness (QED) is 0.566. The van der Waals surface area contributed by atoms with Gasteiger partial charge in [-0.3, -0.25) is 9.59 Å². The lowest BCUT2D eigenvalue weighted by Gasteiger charge is -2.30. The maximum Gasteiger partial charge on any atom is 0.329 e. The molecule has 7 nitrogen and oxygen atoms in total. The molecule has 3 amide bonds. The van der Waals surface area contributed by atoms with Gasteiger partial charge in [-0.05, 0) is 18.9 Å². The van der Waals surface area contributed by atoms with Crippen molar-refractivity contribution in [2.75, 3.05) is 26.4 Å². The van der Waals surface area contributed by atoms with Crippen molar-refractivity contribution in [1.82, 2.24) is 10.2 Å². The van der Waals surface area contributed by atoms with E-state index >= 15 is 0 Å². The van der Waals surface area contributed by atoms with E-state index in [1.165, 1.54) is 4.90 Å². The van der Waals surface area contributed by atoms with Gasteiger partial charge in [0.2, 0.25) is 0 Å². The number of nitrogens with one attached hydrogen (secondary N) is 2. The van der Waals surface area contributed by atoms with Gasteiger partial charge in [-0.2, -0.15) is 0 Å². The van der Waals surface area contributed by atoms with Crippen molar-refractivity contribution in [3.05, 3.63) is 35.9 Å². The van der Waals surface area contributed by atoms with Crippen LogP contribution in [-0.4, -0.2) is 49.2 Å². The van der Waals surface area contributed by atoms with Crippen LogP contribution in [0.2, 0.25) is 0 Å². The highest BCUT2D eigenvalue weighted by Crippen LogP contribution is 2.31. The van der Waals surface area contributed by atoms with Crippen LogP contribution in [0.15, 0.2) is 30.3 Å². The molecular weight excluding hydrogens is 346 g/mol. The highest BCUT2D eigenvalue weighted by atomic mass is 16.5. The molecule has 2 aliphatic rings. The number of amides is 3. The van der Waals surface area contributed by atoms with Crippen LogP contribution in [0.25, 0.3) is 0 Å². The lowest BCUT2D eigenvalue weighted by molar-refractivity contribution is -0.913. The van der Waals surface area contributed by atoms with Crippen LogP contribution in [0, 0.1) is 5.92 Å². The van der Waals surface area contributed by atoms with Crippen LogP contribution in [0.3, 0.4) is 0 Å². The van der Waals surface area contributed by atoms with E-state index in [4.69, 9.17) is 4.74 Å². The molecule has 0 aliphatic carbocycles. The Labute approximate surface area is 159 Å². The number of esters is 1. The van der Waals surface area contributed by atoms with E-state index in [-0.39, 0.29) is 23.8 Å². The zero-order valence-electron chi connectivity index (χ0n) is 16.0. The number of hydrogen-bond acceptors (Lipinski definition) is 4. The highest BCUT2D eigenvalue weighted by Gasteiger charge is 2.52. The maximum atomic E-state index is 13.2. The summed E-state index contributed by atoms with van der Waals surface area (Å²) >= 11 is 0. The van der Waals surface area contributed by atoms with Gasteiger partial charge in [0.25, 0.3) is 5.91 Å². The average molecular weight is 374 g/mol. The fourth-order valence-corrected chi connectivity index (χ4v) is 4.04. The Hall–Kier alpha value is -2.41. The molecular formula is C20H28N3O4+. The molecule has 2 heterocycles. The summed E-state index contributed by atoms with van der Waals surface area (Å²) in [6, 6.07) is 9.06. The predicted octanol–water partition coefficient (Wildman–Crippen LogP) is 0.659. The van der Waals surface area contributed by atoms with Crippen molar-refractivity contribution in [3.63, 3.8) is 0 Å². The molecule has 0 aromatic heterocycles. The van der Waals surface area contributed by atoms with Gasteiger partial charge < -0.3 is 15.0 Å². The third-order valence-electron chi connectivity index (χ3n) is 5.67. The third kappa shape index (κ3) is 3.69. The van der Waals surface area contributed by atoms with Gasteiger partial charge in [0.15, 0.2) is 6.67 Å². The van der Waals surface area contributed by atoms with Crippen molar-refractivity contribution in [1.29, 1.82) is 0 Å². The number of benzene rings is 1. The molecule has 2 fully saturated rings. The molecule has 2 aliphatic heterocycles. The van der Waals surface area contributed by atoms with Crippen LogP contribution in [-0.2, 0) is 19.9 Å². The van der Waals surface area contributed by atoms with Crippen LogP contribution < -0.4 is 10.2 Å². The van der Waals surface area contributed by atoms with E-state index in [0.29, 0.717) is 19.7 Å². The number of quaternary nitrogens is 1. The fraction of sp³-hybridized carbons (Fsp3) is 0.550. The molecule has 0 radical (unpaired) electrons. The first kappa shape index (κ1) is 19.4. The first-order valence-corrected chi connectivity index (χ1v) is 9.71. The minimum atomic E-state index is -0.985. The zero-order chi connectivity index (χ0) is 19.4. The number of hydrogen-bond donors (Lipinski definition) is 2. The Morgan fingerprint density at radius 3 is 2.48 bits per heavy atom. The van der Waals surface area contributed by atoms with Crippen molar-refractivity contribution in [2.45, 2.75) is 38.6 Å². The summed E-state index contributed by atoms with van der Waals surface area (Å²) in [5.74, 6) is -0.405. The van der Waals surface area contributed by atoms with Crippen molar-refractivity contribution < 1.29 is 24.0 Å². The lowest BCUT2D eigenvalue weighted by Crippen LogP contribution is -3.14. The summed E-state index contributed by atoms with van der Waals surface area (Å²) in [4.78, 5) is 40.1. The molecule has 2 N–H and O–H groups in total. The average Bonchev–Trinajstić information content (AvgIpc) is 2.94. The summed E-state index contributed by atoms with van der Waals surface area (Å²) in [5.41, 5.74) is -0.175. The number of nitrogens with zero attached hydrogens (tertiary/aromatic N) is 1. The number of ether oxygens (including phenoxy) is 1. The molecule has 27 heavy (non-hydrogen) atoms. The molecule has 3 rings (SSSR count). The third-order valence-corrected chi connectivity index (χ3v) is 5.67. The van der Waals surface area contributed by atoms with Gasteiger partial charge in [0.05, 0.1) is 25.6 Å². The summed E-state index contributed by atoms with van der Waals surface area (Å²) in [6.45, 7) is 5.92. The Balaban J connectivity index is 1.66. The number of imide groups is 1. The molecule has 7 heteroatoms. The monoisotopic (exact) mass is 374 g/mol. The second kappa shape index (κ2) is 8.08. The van der Waals surface area contributed by atoms with E-state index in [1.807, 2.05) is 44.2 Å². The summed E-state index contributed by atoms with van der Waals surface area (Å²) in [5, 5.41) is 2.92. The van der Waals surface area contributed by atoms with Gasteiger partial charge >= 0.3 is 12.0 Å². The van der Waals surface area contributed by atoms with E-state index in [9.17, 15) is 14.4 Å². The molecule has 0 saturated carbocycles. The number of carbonyl (C=O) groups is 3. The van der Waals surface area contributed by atoms with Gasteiger partial charge in [-0.15, -0.1) is 0 Å². The maximum absolute atomic E-state index is 13.2. The summed E-state index contributed by atoms with van der Waals surface area (Å²) in [6.07, 6.45) is 1.93. The van der Waals surface area contributed by atoms with E-state index < -0.39 is 5.54 Å². The molecule has 0 unspecified atom stereocenters. The number of rotatable bonds is 6. The molecule has 1 aromatic rings. The molecule has 0 bridgehead atoms. The van der Waals surface area contributed by atoms with Gasteiger partial charge in [0, 0.05) is 12.8 Å². The van der Waals surface area contributed by atoms with Crippen LogP contribution >= 0.6 is 0 Å². The van der Waals surface area contributed by atoms with Gasteiger partial charge in [-0.1, -0.05) is 37.3 Å². The van der Waals surface area contributed by atoms with Crippen molar-refractivity contribution >= 4 is 17.9 Å². The number of carbonyl (C=O) groups excluding carboxylic acids is 3. The zero-order valence-corrected chi connectivity index (χ0v) is 16.0. The molecule has 146 valence electrons. The number of piperidine rings is 1. The Morgan fingerprint density at radius 1 is 1.22 bits per heavy atom. The lowest BCUT2D eigenvalue weighted by atomic mass is 9.87. The predicted molar refractivity (Wildman–Crippen MR) is 98.7 cm³/mol. The second-order valence-electron chi connectivity index (χ2n) is 7.22. The van der Waals surface area contributed by atoms with Gasteiger partial charge in [-0.25, -0.2) is 9.69 Å². The molecule has 2 saturated heterocycles. The van der Waals surface area contributed by atoms with Crippen LogP contribution in [0.1, 0.15) is 38.7 Å². The summed E-state index contributed by atoms with van der Waals surface area (Å²) < 4.78 is 5.10. The van der Waals surface area contributed by atoms with E-state index in [0.717, 1.165) is 36.4 Å². The van der Waals surface area contributed by atoms with Crippen LogP contribution in [0.4, 0.5) is 4.79 Å². The Kier molecular flexibility index (Phi) is 5.79.